The molecule has 0 spiro atoms. The molecule has 0 aliphatic carbocycles. The zero-order valence-electron chi connectivity index (χ0n) is 26.4. The van der Waals surface area contributed by atoms with Gasteiger partial charge in [0.05, 0.1) is 26.1 Å². The zero-order chi connectivity index (χ0) is 30.2. The summed E-state index contributed by atoms with van der Waals surface area (Å²) in [7, 11) is 6.12. The van der Waals surface area contributed by atoms with E-state index in [2.05, 4.69) is 17.6 Å². The van der Waals surface area contributed by atoms with Crippen molar-refractivity contribution < 1.29 is 23.5 Å². The van der Waals surface area contributed by atoms with Gasteiger partial charge < -0.3 is 24.6 Å². The molecule has 8 heteroatoms. The topological polar surface area (TPSA) is 76.7 Å². The first-order chi connectivity index (χ1) is 19.7. The van der Waals surface area contributed by atoms with Gasteiger partial charge in [-0.2, -0.15) is 0 Å². The van der Waals surface area contributed by atoms with Crippen LogP contribution in [-0.2, 0) is 20.9 Å². The Hall–Kier alpha value is -2.19. The van der Waals surface area contributed by atoms with Crippen molar-refractivity contribution in [3.63, 3.8) is 0 Å². The third kappa shape index (κ3) is 22.1. The van der Waals surface area contributed by atoms with Gasteiger partial charge in [-0.1, -0.05) is 114 Å². The number of nitrogens with one attached hydrogen (secondary N) is 2. The number of carbonyl (C=O) groups is 2. The minimum absolute atomic E-state index is 0.149. The minimum atomic E-state index is -0.742. The van der Waals surface area contributed by atoms with Crippen molar-refractivity contribution in [1.82, 2.24) is 10.6 Å². The number of quaternary nitrogens is 1. The summed E-state index contributed by atoms with van der Waals surface area (Å²) in [6, 6.07) is 8.72. The lowest BCUT2D eigenvalue weighted by Gasteiger charge is -2.24. The van der Waals surface area contributed by atoms with E-state index in [1.807, 2.05) is 51.5 Å². The molecular formula is C33H58N3O4S+. The van der Waals surface area contributed by atoms with E-state index in [9.17, 15) is 9.59 Å². The van der Waals surface area contributed by atoms with Crippen LogP contribution in [0.5, 0.6) is 0 Å². The molecule has 0 heterocycles. The van der Waals surface area contributed by atoms with Gasteiger partial charge in [0.15, 0.2) is 0 Å². The van der Waals surface area contributed by atoms with Crippen LogP contribution < -0.4 is 10.6 Å². The molecule has 0 unspecified atom stereocenters. The Morgan fingerprint density at radius 3 is 2.05 bits per heavy atom. The van der Waals surface area contributed by atoms with Gasteiger partial charge in [0.25, 0.3) is 0 Å². The molecule has 0 bridgehead atoms. The van der Waals surface area contributed by atoms with Gasteiger partial charge in [-0.15, -0.1) is 0 Å². The van der Waals surface area contributed by atoms with E-state index >= 15 is 0 Å². The molecule has 1 amide bonds. The van der Waals surface area contributed by atoms with Gasteiger partial charge in [0.1, 0.15) is 25.8 Å². The average Bonchev–Trinajstić information content (AvgIpc) is 2.93. The molecule has 1 rings (SSSR count). The largest absolute Gasteiger partial charge is 0.458 e. The van der Waals surface area contributed by atoms with Crippen LogP contribution in [0.4, 0.5) is 4.79 Å². The summed E-state index contributed by atoms with van der Waals surface area (Å²) in [6.45, 7) is 4.17. The van der Waals surface area contributed by atoms with Gasteiger partial charge in [-0.25, -0.2) is 9.59 Å². The van der Waals surface area contributed by atoms with E-state index < -0.39 is 18.1 Å². The molecule has 0 saturated heterocycles. The molecule has 7 nitrogen and oxygen atoms in total. The number of likely N-dealkylation sites (N-methyl/N-ethyl adjacent to an activating group) is 1. The van der Waals surface area contributed by atoms with E-state index in [-0.39, 0.29) is 6.61 Å². The average molecular weight is 593 g/mol. The molecule has 0 saturated carbocycles. The number of hydrogen-bond acceptors (Lipinski definition) is 5. The summed E-state index contributed by atoms with van der Waals surface area (Å²) in [6.07, 6.45) is 17.0. The second kappa shape index (κ2) is 23.4. The van der Waals surface area contributed by atoms with E-state index in [4.69, 9.17) is 21.7 Å². The lowest BCUT2D eigenvalue weighted by atomic mass is 10.1. The van der Waals surface area contributed by atoms with Gasteiger partial charge >= 0.3 is 12.1 Å². The number of hydrogen-bond donors (Lipinski definition) is 2. The Labute approximate surface area is 255 Å². The summed E-state index contributed by atoms with van der Waals surface area (Å²) in [5, 5.41) is 6.06. The van der Waals surface area contributed by atoms with E-state index in [1.165, 1.54) is 64.2 Å². The van der Waals surface area contributed by atoms with Crippen LogP contribution in [0.3, 0.4) is 0 Å². The Bertz CT molecular complexity index is 830. The molecule has 2 N–H and O–H groups in total. The predicted octanol–water partition coefficient (Wildman–Crippen LogP) is 7.32. The number of amides is 1. The molecule has 0 aliphatic heterocycles. The molecule has 234 valence electrons. The Morgan fingerprint density at radius 1 is 0.829 bits per heavy atom. The second-order valence-electron chi connectivity index (χ2n) is 12.1. The maximum Gasteiger partial charge on any atom is 0.408 e. The number of ether oxygens (including phenoxy) is 2. The molecule has 0 fully saturated rings. The second-order valence-corrected chi connectivity index (χ2v) is 12.6. The minimum Gasteiger partial charge on any atom is -0.458 e. The summed E-state index contributed by atoms with van der Waals surface area (Å²) in [4.78, 5) is 26.1. The molecule has 1 atom stereocenters. The van der Waals surface area contributed by atoms with Crippen LogP contribution in [0.15, 0.2) is 30.3 Å². The molecular weight excluding hydrogens is 534 g/mol. The number of nitrogens with zero attached hydrogens (tertiary/aromatic N) is 1. The van der Waals surface area contributed by atoms with Crippen LogP contribution in [-0.4, -0.2) is 68.4 Å². The summed E-state index contributed by atoms with van der Waals surface area (Å²) < 4.78 is 11.5. The number of unbranched alkanes of at least 4 members (excludes halogenated alkanes) is 11. The first-order valence-electron chi connectivity index (χ1n) is 15.9. The Balaban J connectivity index is 2.25. The first kappa shape index (κ1) is 36.8. The predicted molar refractivity (Wildman–Crippen MR) is 173 cm³/mol. The standard InChI is InChI=1S/C33H57N3O4S/c1-5-6-7-8-9-10-11-12-13-14-18-24-31(41)34-25-20-19-23-30(32(37)39-27-26-36(2,3)4)35-33(38)40-28-29-21-16-15-17-22-29/h15-17,21-22,30H,5-14,18-20,23-28H2,1-4H3,(H-,34,35,38,41)/p+1/t30-/m0/s1. The van der Waals surface area contributed by atoms with Crippen molar-refractivity contribution in [3.05, 3.63) is 35.9 Å². The van der Waals surface area contributed by atoms with Crippen molar-refractivity contribution >= 4 is 29.3 Å². The monoisotopic (exact) mass is 592 g/mol. The fraction of sp³-hybridized carbons (Fsp3) is 0.727. The van der Waals surface area contributed by atoms with Gasteiger partial charge in [-0.05, 0) is 37.7 Å². The smallest absolute Gasteiger partial charge is 0.408 e. The van der Waals surface area contributed by atoms with Crippen molar-refractivity contribution in [2.45, 2.75) is 116 Å². The van der Waals surface area contributed by atoms with Crippen LogP contribution in [0.2, 0.25) is 0 Å². The third-order valence-electron chi connectivity index (χ3n) is 7.04. The molecule has 1 aromatic rings. The fourth-order valence-corrected chi connectivity index (χ4v) is 4.66. The lowest BCUT2D eigenvalue weighted by molar-refractivity contribution is -0.870. The van der Waals surface area contributed by atoms with E-state index in [0.717, 1.165) is 42.8 Å². The third-order valence-corrected chi connectivity index (χ3v) is 7.39. The highest BCUT2D eigenvalue weighted by molar-refractivity contribution is 7.80. The zero-order valence-corrected chi connectivity index (χ0v) is 27.2. The molecule has 0 aliphatic rings. The molecule has 0 radical (unpaired) electrons. The summed E-state index contributed by atoms with van der Waals surface area (Å²) in [5.74, 6) is -0.421. The van der Waals surface area contributed by atoms with Crippen molar-refractivity contribution in [2.24, 2.45) is 0 Å². The molecule has 0 aromatic heterocycles. The van der Waals surface area contributed by atoms with Crippen LogP contribution in [0, 0.1) is 0 Å². The highest BCUT2D eigenvalue weighted by Crippen LogP contribution is 2.12. The molecule has 41 heavy (non-hydrogen) atoms. The van der Waals surface area contributed by atoms with Gasteiger partial charge in [0, 0.05) is 6.54 Å². The van der Waals surface area contributed by atoms with Crippen LogP contribution in [0.1, 0.15) is 109 Å². The highest BCUT2D eigenvalue weighted by Gasteiger charge is 2.23. The number of benzene rings is 1. The number of carbonyl (C=O) groups excluding carboxylic acids is 2. The first-order valence-corrected chi connectivity index (χ1v) is 16.3. The Kier molecular flexibility index (Phi) is 21.0. The number of rotatable bonds is 24. The number of esters is 1. The normalized spacial score (nSPS) is 12.0. The van der Waals surface area contributed by atoms with E-state index in [0.29, 0.717) is 24.1 Å². The molecule has 1 aromatic carbocycles. The summed E-state index contributed by atoms with van der Waals surface area (Å²) >= 11 is 5.51. The van der Waals surface area contributed by atoms with Crippen LogP contribution in [0.25, 0.3) is 0 Å². The van der Waals surface area contributed by atoms with Crippen molar-refractivity contribution in [1.29, 1.82) is 0 Å². The van der Waals surface area contributed by atoms with Crippen molar-refractivity contribution in [2.75, 3.05) is 40.8 Å². The number of alkyl carbamates (subject to hydrolysis) is 1. The Morgan fingerprint density at radius 2 is 1.44 bits per heavy atom. The van der Waals surface area contributed by atoms with Crippen LogP contribution >= 0.6 is 12.2 Å². The lowest BCUT2D eigenvalue weighted by Crippen LogP contribution is -2.44. The summed E-state index contributed by atoms with van der Waals surface area (Å²) in [5.41, 5.74) is 0.889. The SMILES string of the molecule is CCCCCCCCCCCCCC(=S)NCCCC[C@H](NC(=O)OCc1ccccc1)C(=O)OCC[N+](C)(C)C. The maximum absolute atomic E-state index is 12.8. The fourth-order valence-electron chi connectivity index (χ4n) is 4.42. The number of thiocarbonyl (C=S) groups is 1. The maximum atomic E-state index is 12.8. The highest BCUT2D eigenvalue weighted by atomic mass is 32.1. The van der Waals surface area contributed by atoms with Gasteiger partial charge in [-0.3, -0.25) is 0 Å². The quantitative estimate of drug-likeness (QED) is 0.0567. The van der Waals surface area contributed by atoms with Crippen molar-refractivity contribution in [3.8, 4) is 0 Å². The van der Waals surface area contributed by atoms with E-state index in [1.54, 1.807) is 0 Å². The van der Waals surface area contributed by atoms with Gasteiger partial charge in [0.2, 0.25) is 0 Å².